The Bertz CT molecular complexity index is 397. The molecule has 2 rings (SSSR count). The Balaban J connectivity index is 1.66. The lowest BCUT2D eigenvalue weighted by atomic mass is 10.0. The van der Waals surface area contributed by atoms with E-state index in [9.17, 15) is 9.59 Å². The molecule has 6 nitrogen and oxygen atoms in total. The molecule has 2 saturated heterocycles. The number of urea groups is 1. The van der Waals surface area contributed by atoms with Crippen LogP contribution in [-0.2, 0) is 4.79 Å². The second kappa shape index (κ2) is 8.52. The van der Waals surface area contributed by atoms with Crippen molar-refractivity contribution in [2.45, 2.75) is 58.5 Å². The highest BCUT2D eigenvalue weighted by Gasteiger charge is 2.26. The summed E-state index contributed by atoms with van der Waals surface area (Å²) in [6, 6.07) is 0.427. The number of hydrogen-bond acceptors (Lipinski definition) is 3. The average molecular weight is 324 g/mol. The first-order chi connectivity index (χ1) is 11.0. The molecule has 0 saturated carbocycles. The highest BCUT2D eigenvalue weighted by molar-refractivity contribution is 5.78. The molecule has 23 heavy (non-hydrogen) atoms. The lowest BCUT2D eigenvalue weighted by molar-refractivity contribution is -0.135. The third-order valence-electron chi connectivity index (χ3n) is 5.01. The summed E-state index contributed by atoms with van der Waals surface area (Å²) >= 11 is 0. The van der Waals surface area contributed by atoms with E-state index in [0.29, 0.717) is 6.04 Å². The van der Waals surface area contributed by atoms with Crippen LogP contribution in [-0.4, -0.2) is 66.5 Å². The van der Waals surface area contributed by atoms with Crippen molar-refractivity contribution in [3.05, 3.63) is 0 Å². The number of amides is 3. The van der Waals surface area contributed by atoms with Crippen molar-refractivity contribution >= 4 is 11.9 Å². The molecule has 0 aromatic rings. The van der Waals surface area contributed by atoms with E-state index in [-0.39, 0.29) is 23.9 Å². The topological polar surface area (TPSA) is 64.7 Å². The number of rotatable bonds is 4. The van der Waals surface area contributed by atoms with Crippen LogP contribution in [0.4, 0.5) is 4.79 Å². The summed E-state index contributed by atoms with van der Waals surface area (Å²) in [7, 11) is 0. The molecule has 3 amide bonds. The van der Waals surface area contributed by atoms with Crippen LogP contribution in [0.5, 0.6) is 0 Å². The van der Waals surface area contributed by atoms with Gasteiger partial charge in [-0.2, -0.15) is 0 Å². The molecule has 0 spiro atoms. The predicted octanol–water partition coefficient (Wildman–Crippen LogP) is 1.42. The maximum absolute atomic E-state index is 12.1. The molecule has 0 bridgehead atoms. The van der Waals surface area contributed by atoms with Crippen molar-refractivity contribution in [1.82, 2.24) is 20.4 Å². The van der Waals surface area contributed by atoms with Gasteiger partial charge in [-0.05, 0) is 32.2 Å². The van der Waals surface area contributed by atoms with Crippen LogP contribution in [0.2, 0.25) is 0 Å². The minimum absolute atomic E-state index is 0.0476. The third kappa shape index (κ3) is 5.37. The summed E-state index contributed by atoms with van der Waals surface area (Å²) in [5, 5.41) is 6.18. The number of nitrogens with one attached hydrogen (secondary N) is 2. The minimum atomic E-state index is -0.0476. The van der Waals surface area contributed by atoms with Gasteiger partial charge in [0.1, 0.15) is 0 Å². The van der Waals surface area contributed by atoms with E-state index >= 15 is 0 Å². The Morgan fingerprint density at radius 3 is 1.87 bits per heavy atom. The maximum Gasteiger partial charge on any atom is 0.315 e. The minimum Gasteiger partial charge on any atom is -0.342 e. The Labute approximate surface area is 140 Å². The Kier molecular flexibility index (Phi) is 6.69. The van der Waals surface area contributed by atoms with Crippen LogP contribution in [0, 0.1) is 5.92 Å². The predicted molar refractivity (Wildman–Crippen MR) is 91.2 cm³/mol. The van der Waals surface area contributed by atoms with Gasteiger partial charge in [-0.3, -0.25) is 4.79 Å². The monoisotopic (exact) mass is 324 g/mol. The van der Waals surface area contributed by atoms with Crippen LogP contribution in [0.25, 0.3) is 0 Å². The number of carbonyl (C=O) groups excluding carboxylic acids is 2. The molecule has 2 aliphatic heterocycles. The van der Waals surface area contributed by atoms with Gasteiger partial charge in [-0.25, -0.2) is 4.79 Å². The SMILES string of the molecule is CCN1CCC(NC(=O)NC2CCN(C(=O)C(C)C)CC2)CC1. The van der Waals surface area contributed by atoms with Gasteiger partial charge in [0.15, 0.2) is 0 Å². The number of hydrogen-bond donors (Lipinski definition) is 2. The molecular formula is C17H32N4O2. The van der Waals surface area contributed by atoms with Gasteiger partial charge < -0.3 is 20.4 Å². The van der Waals surface area contributed by atoms with Crippen molar-refractivity contribution in [3.63, 3.8) is 0 Å². The molecule has 2 aliphatic rings. The second-order valence-corrected chi connectivity index (χ2v) is 7.08. The number of carbonyl (C=O) groups is 2. The lowest BCUT2D eigenvalue weighted by Gasteiger charge is -2.34. The molecule has 0 radical (unpaired) electrons. The van der Waals surface area contributed by atoms with Crippen molar-refractivity contribution in [2.75, 3.05) is 32.7 Å². The molecular weight excluding hydrogens is 292 g/mol. The summed E-state index contributed by atoms with van der Waals surface area (Å²) < 4.78 is 0. The average Bonchev–Trinajstić information content (AvgIpc) is 2.55. The van der Waals surface area contributed by atoms with E-state index in [1.54, 1.807) is 0 Å². The first kappa shape index (κ1) is 18.0. The largest absolute Gasteiger partial charge is 0.342 e. The summed E-state index contributed by atoms with van der Waals surface area (Å²) in [4.78, 5) is 28.4. The number of piperidine rings is 2. The third-order valence-corrected chi connectivity index (χ3v) is 5.01. The fourth-order valence-corrected chi connectivity index (χ4v) is 3.42. The Hall–Kier alpha value is -1.30. The van der Waals surface area contributed by atoms with Crippen LogP contribution in [0.15, 0.2) is 0 Å². The van der Waals surface area contributed by atoms with Crippen LogP contribution < -0.4 is 10.6 Å². The molecule has 0 aromatic carbocycles. The smallest absolute Gasteiger partial charge is 0.315 e. The molecule has 2 heterocycles. The van der Waals surface area contributed by atoms with E-state index in [4.69, 9.17) is 0 Å². The van der Waals surface area contributed by atoms with E-state index < -0.39 is 0 Å². The first-order valence-electron chi connectivity index (χ1n) is 9.07. The highest BCUT2D eigenvalue weighted by Crippen LogP contribution is 2.14. The van der Waals surface area contributed by atoms with E-state index in [2.05, 4.69) is 22.5 Å². The normalized spacial score (nSPS) is 21.5. The second-order valence-electron chi connectivity index (χ2n) is 7.08. The van der Waals surface area contributed by atoms with Crippen molar-refractivity contribution < 1.29 is 9.59 Å². The zero-order valence-corrected chi connectivity index (χ0v) is 14.8. The zero-order chi connectivity index (χ0) is 16.8. The van der Waals surface area contributed by atoms with Gasteiger partial charge in [0.25, 0.3) is 0 Å². The van der Waals surface area contributed by atoms with Crippen LogP contribution >= 0.6 is 0 Å². The highest BCUT2D eigenvalue weighted by atomic mass is 16.2. The quantitative estimate of drug-likeness (QED) is 0.822. The van der Waals surface area contributed by atoms with E-state index in [0.717, 1.165) is 58.4 Å². The summed E-state index contributed by atoms with van der Waals surface area (Å²) in [5.74, 6) is 0.271. The fraction of sp³-hybridized carbons (Fsp3) is 0.882. The lowest BCUT2D eigenvalue weighted by Crippen LogP contribution is -2.52. The van der Waals surface area contributed by atoms with Gasteiger partial charge in [0.2, 0.25) is 5.91 Å². The van der Waals surface area contributed by atoms with Gasteiger partial charge in [-0.15, -0.1) is 0 Å². The zero-order valence-electron chi connectivity index (χ0n) is 14.8. The van der Waals surface area contributed by atoms with E-state index in [1.165, 1.54) is 0 Å². The van der Waals surface area contributed by atoms with Crippen molar-refractivity contribution in [2.24, 2.45) is 5.92 Å². The molecule has 132 valence electrons. The summed E-state index contributed by atoms with van der Waals surface area (Å²) in [6.07, 6.45) is 3.76. The number of likely N-dealkylation sites (tertiary alicyclic amines) is 2. The van der Waals surface area contributed by atoms with Crippen molar-refractivity contribution in [1.29, 1.82) is 0 Å². The maximum atomic E-state index is 12.1. The van der Waals surface area contributed by atoms with Crippen molar-refractivity contribution in [3.8, 4) is 0 Å². The molecule has 0 aromatic heterocycles. The van der Waals surface area contributed by atoms with Crippen LogP contribution in [0.3, 0.4) is 0 Å². The number of nitrogens with zero attached hydrogens (tertiary/aromatic N) is 2. The summed E-state index contributed by atoms with van der Waals surface area (Å²) in [6.45, 7) is 10.8. The Morgan fingerprint density at radius 1 is 0.957 bits per heavy atom. The Morgan fingerprint density at radius 2 is 1.43 bits per heavy atom. The van der Waals surface area contributed by atoms with E-state index in [1.807, 2.05) is 18.7 Å². The molecule has 6 heteroatoms. The first-order valence-corrected chi connectivity index (χ1v) is 9.07. The molecule has 2 N–H and O–H groups in total. The summed E-state index contributed by atoms with van der Waals surface area (Å²) in [5.41, 5.74) is 0. The van der Waals surface area contributed by atoms with Gasteiger partial charge >= 0.3 is 6.03 Å². The molecule has 0 atom stereocenters. The fourth-order valence-electron chi connectivity index (χ4n) is 3.42. The van der Waals surface area contributed by atoms with Gasteiger partial charge in [0, 0.05) is 44.2 Å². The molecule has 0 unspecified atom stereocenters. The molecule has 2 fully saturated rings. The standard InChI is InChI=1S/C17H32N4O2/c1-4-20-9-5-14(6-10-20)18-17(23)19-15-7-11-21(12-8-15)16(22)13(2)3/h13-15H,4-12H2,1-3H3,(H2,18,19,23). The van der Waals surface area contributed by atoms with Gasteiger partial charge in [0.05, 0.1) is 0 Å². The molecule has 0 aliphatic carbocycles. The van der Waals surface area contributed by atoms with Gasteiger partial charge in [-0.1, -0.05) is 20.8 Å². The van der Waals surface area contributed by atoms with Crippen LogP contribution in [0.1, 0.15) is 46.5 Å².